The van der Waals surface area contributed by atoms with Gasteiger partial charge in [-0.15, -0.1) is 0 Å². The molecule has 1 aliphatic heterocycles. The summed E-state index contributed by atoms with van der Waals surface area (Å²) in [6.07, 6.45) is 3.06. The molecule has 154 valence electrons. The Balaban J connectivity index is 1.83. The predicted molar refractivity (Wildman–Crippen MR) is 112 cm³/mol. The Kier molecular flexibility index (Phi) is 6.44. The number of aromatic nitrogens is 2. The number of imidazole rings is 1. The number of urea groups is 1. The van der Waals surface area contributed by atoms with Crippen molar-refractivity contribution in [3.05, 3.63) is 28.2 Å². The summed E-state index contributed by atoms with van der Waals surface area (Å²) in [6.45, 7) is 11.3. The van der Waals surface area contributed by atoms with E-state index in [4.69, 9.17) is 4.74 Å². The van der Waals surface area contributed by atoms with Crippen LogP contribution in [0.4, 0.5) is 10.5 Å². The SMILES string of the molecule is CCCO[C@H]1CCCN(C(=O)Nc2cc3c(cc2C)n(CC)c(=O)n3CC)C1. The van der Waals surface area contributed by atoms with Gasteiger partial charge in [0.15, 0.2) is 0 Å². The number of anilines is 1. The van der Waals surface area contributed by atoms with Crippen molar-refractivity contribution in [3.8, 4) is 0 Å². The van der Waals surface area contributed by atoms with Gasteiger partial charge in [-0.3, -0.25) is 9.13 Å². The van der Waals surface area contributed by atoms with Crippen LogP contribution in [0.15, 0.2) is 16.9 Å². The van der Waals surface area contributed by atoms with Crippen LogP contribution in [0.3, 0.4) is 0 Å². The molecule has 2 amide bonds. The summed E-state index contributed by atoms with van der Waals surface area (Å²) >= 11 is 0. The molecule has 2 heterocycles. The molecule has 7 heteroatoms. The van der Waals surface area contributed by atoms with Gasteiger partial charge in [0.1, 0.15) is 0 Å². The maximum Gasteiger partial charge on any atom is 0.329 e. The Hall–Kier alpha value is -2.28. The third-order valence-corrected chi connectivity index (χ3v) is 5.46. The predicted octanol–water partition coefficient (Wildman–Crippen LogP) is 3.57. The minimum absolute atomic E-state index is 0.00479. The van der Waals surface area contributed by atoms with E-state index in [1.165, 1.54) is 0 Å². The van der Waals surface area contributed by atoms with E-state index in [2.05, 4.69) is 12.2 Å². The normalized spacial score (nSPS) is 17.3. The Labute approximate surface area is 166 Å². The monoisotopic (exact) mass is 388 g/mol. The van der Waals surface area contributed by atoms with Crippen LogP contribution in [0.1, 0.15) is 45.6 Å². The van der Waals surface area contributed by atoms with E-state index in [9.17, 15) is 9.59 Å². The summed E-state index contributed by atoms with van der Waals surface area (Å²) in [5.74, 6) is 0. The highest BCUT2D eigenvalue weighted by atomic mass is 16.5. The molecule has 0 bridgehead atoms. The third-order valence-electron chi connectivity index (χ3n) is 5.46. The molecule has 1 aliphatic rings. The van der Waals surface area contributed by atoms with Gasteiger partial charge in [-0.05, 0) is 57.7 Å². The van der Waals surface area contributed by atoms with Crippen molar-refractivity contribution in [2.45, 2.75) is 66.2 Å². The summed E-state index contributed by atoms with van der Waals surface area (Å²) in [4.78, 5) is 27.3. The molecular weight excluding hydrogens is 356 g/mol. The zero-order chi connectivity index (χ0) is 20.3. The van der Waals surface area contributed by atoms with Crippen LogP contribution in [0.2, 0.25) is 0 Å². The smallest absolute Gasteiger partial charge is 0.329 e. The van der Waals surface area contributed by atoms with Gasteiger partial charge < -0.3 is 15.0 Å². The third kappa shape index (κ3) is 3.94. The number of nitrogens with zero attached hydrogens (tertiary/aromatic N) is 3. The second-order valence-electron chi connectivity index (χ2n) is 7.44. The van der Waals surface area contributed by atoms with Crippen LogP contribution in [0, 0.1) is 6.92 Å². The van der Waals surface area contributed by atoms with Crippen LogP contribution in [-0.4, -0.2) is 45.9 Å². The van der Waals surface area contributed by atoms with Gasteiger partial charge in [-0.1, -0.05) is 6.92 Å². The number of piperidine rings is 1. The van der Waals surface area contributed by atoms with E-state index in [-0.39, 0.29) is 17.8 Å². The molecule has 0 radical (unpaired) electrons. The molecule has 0 unspecified atom stereocenters. The van der Waals surface area contributed by atoms with Crippen LogP contribution in [-0.2, 0) is 17.8 Å². The van der Waals surface area contributed by atoms with Crippen LogP contribution < -0.4 is 11.0 Å². The van der Waals surface area contributed by atoms with E-state index in [0.29, 0.717) is 19.6 Å². The maximum atomic E-state index is 12.8. The van der Waals surface area contributed by atoms with E-state index < -0.39 is 0 Å². The highest BCUT2D eigenvalue weighted by molar-refractivity contribution is 5.93. The van der Waals surface area contributed by atoms with Gasteiger partial charge in [-0.2, -0.15) is 0 Å². The van der Waals surface area contributed by atoms with Crippen molar-refractivity contribution in [1.29, 1.82) is 0 Å². The van der Waals surface area contributed by atoms with Gasteiger partial charge in [0, 0.05) is 38.5 Å². The Morgan fingerprint density at radius 1 is 1.18 bits per heavy atom. The zero-order valence-corrected chi connectivity index (χ0v) is 17.5. The first kappa shape index (κ1) is 20.5. The first-order chi connectivity index (χ1) is 13.5. The van der Waals surface area contributed by atoms with Crippen LogP contribution in [0.5, 0.6) is 0 Å². The standard InChI is InChI=1S/C21H32N4O3/c1-5-11-28-16-9-8-10-23(14-16)20(26)22-17-13-19-18(12-15(17)4)24(6-2)21(27)25(19)7-3/h12-13,16H,5-11,14H2,1-4H3,(H,22,26)/t16-/m0/s1. The van der Waals surface area contributed by atoms with Gasteiger partial charge in [0.05, 0.1) is 17.1 Å². The number of fused-ring (bicyclic) bond motifs is 1. The molecule has 1 fully saturated rings. The highest BCUT2D eigenvalue weighted by Gasteiger charge is 2.24. The van der Waals surface area contributed by atoms with Crippen molar-refractivity contribution in [2.24, 2.45) is 0 Å². The summed E-state index contributed by atoms with van der Waals surface area (Å²) < 4.78 is 9.37. The molecule has 7 nitrogen and oxygen atoms in total. The Morgan fingerprint density at radius 2 is 1.86 bits per heavy atom. The van der Waals surface area contributed by atoms with Gasteiger partial charge >= 0.3 is 11.7 Å². The average Bonchev–Trinajstić information content (AvgIpc) is 2.96. The molecule has 0 saturated carbocycles. The topological polar surface area (TPSA) is 68.5 Å². The molecule has 0 aliphatic carbocycles. The van der Waals surface area contributed by atoms with Crippen molar-refractivity contribution >= 4 is 22.8 Å². The van der Waals surface area contributed by atoms with Crippen molar-refractivity contribution in [2.75, 3.05) is 25.0 Å². The summed E-state index contributed by atoms with van der Waals surface area (Å²) in [7, 11) is 0. The maximum absolute atomic E-state index is 12.8. The van der Waals surface area contributed by atoms with Crippen molar-refractivity contribution < 1.29 is 9.53 Å². The molecule has 1 aromatic carbocycles. The highest BCUT2D eigenvalue weighted by Crippen LogP contribution is 2.24. The molecule has 1 N–H and O–H groups in total. The molecule has 1 atom stereocenters. The molecule has 28 heavy (non-hydrogen) atoms. The second kappa shape index (κ2) is 8.82. The number of ether oxygens (including phenoxy) is 1. The number of hydrogen-bond donors (Lipinski definition) is 1. The largest absolute Gasteiger partial charge is 0.376 e. The van der Waals surface area contributed by atoms with Crippen molar-refractivity contribution in [1.82, 2.24) is 14.0 Å². The van der Waals surface area contributed by atoms with Crippen LogP contribution >= 0.6 is 0 Å². The lowest BCUT2D eigenvalue weighted by molar-refractivity contribution is 0.0115. The van der Waals surface area contributed by atoms with Gasteiger partial charge in [-0.25, -0.2) is 9.59 Å². The van der Waals surface area contributed by atoms with Crippen LogP contribution in [0.25, 0.3) is 11.0 Å². The first-order valence-electron chi connectivity index (χ1n) is 10.4. The molecule has 1 aromatic heterocycles. The summed E-state index contributed by atoms with van der Waals surface area (Å²) in [6, 6.07) is 3.81. The van der Waals surface area contributed by atoms with E-state index in [0.717, 1.165) is 54.7 Å². The van der Waals surface area contributed by atoms with Gasteiger partial charge in [0.2, 0.25) is 0 Å². The fourth-order valence-electron chi connectivity index (χ4n) is 3.95. The zero-order valence-electron chi connectivity index (χ0n) is 17.5. The lowest BCUT2D eigenvalue weighted by atomic mass is 10.1. The number of nitrogens with one attached hydrogen (secondary N) is 1. The van der Waals surface area contributed by atoms with E-state index >= 15 is 0 Å². The summed E-state index contributed by atoms with van der Waals surface area (Å²) in [5.41, 5.74) is 3.47. The number of carbonyl (C=O) groups is 1. The fourth-order valence-corrected chi connectivity index (χ4v) is 3.95. The number of benzene rings is 1. The quantitative estimate of drug-likeness (QED) is 0.822. The van der Waals surface area contributed by atoms with E-state index in [1.54, 1.807) is 9.13 Å². The minimum atomic E-state index is -0.104. The second-order valence-corrected chi connectivity index (χ2v) is 7.44. The first-order valence-corrected chi connectivity index (χ1v) is 10.4. The Bertz CT molecular complexity index is 899. The number of likely N-dealkylation sites (tertiary alicyclic amines) is 1. The number of aryl methyl sites for hydroxylation is 3. The fraction of sp³-hybridized carbons (Fsp3) is 0.619. The average molecular weight is 389 g/mol. The number of hydrogen-bond acceptors (Lipinski definition) is 3. The minimum Gasteiger partial charge on any atom is -0.376 e. The molecule has 3 rings (SSSR count). The van der Waals surface area contributed by atoms with Gasteiger partial charge in [0.25, 0.3) is 0 Å². The Morgan fingerprint density at radius 3 is 2.50 bits per heavy atom. The number of amides is 2. The number of rotatable bonds is 6. The number of carbonyl (C=O) groups excluding carboxylic acids is 1. The molecule has 0 spiro atoms. The summed E-state index contributed by atoms with van der Waals surface area (Å²) in [5, 5.41) is 3.05. The van der Waals surface area contributed by atoms with E-state index in [1.807, 2.05) is 37.8 Å². The lowest BCUT2D eigenvalue weighted by Gasteiger charge is -2.32. The molecular formula is C21H32N4O3. The lowest BCUT2D eigenvalue weighted by Crippen LogP contribution is -2.45. The molecule has 1 saturated heterocycles. The van der Waals surface area contributed by atoms with Crippen molar-refractivity contribution in [3.63, 3.8) is 0 Å². The molecule has 2 aromatic rings.